The van der Waals surface area contributed by atoms with Crippen LogP contribution in [0.25, 0.3) is 16.8 Å². The van der Waals surface area contributed by atoms with Crippen LogP contribution in [0.3, 0.4) is 0 Å². The van der Waals surface area contributed by atoms with E-state index in [0.717, 1.165) is 18.4 Å². The zero-order chi connectivity index (χ0) is 19.2. The summed E-state index contributed by atoms with van der Waals surface area (Å²) < 4.78 is 39.4. The zero-order valence-electron chi connectivity index (χ0n) is 14.9. The maximum atomic E-state index is 15.5. The van der Waals surface area contributed by atoms with Gasteiger partial charge in [0.05, 0.1) is 18.9 Å². The van der Waals surface area contributed by atoms with Crippen molar-refractivity contribution in [3.8, 4) is 11.3 Å². The Bertz CT molecular complexity index is 916. The quantitative estimate of drug-likeness (QED) is 0.738. The van der Waals surface area contributed by atoms with E-state index < -0.39 is 23.2 Å². The number of allylic oxidation sites excluding steroid dienone is 1. The summed E-state index contributed by atoms with van der Waals surface area (Å²) >= 11 is 0. The fourth-order valence-corrected chi connectivity index (χ4v) is 3.30. The third-order valence-corrected chi connectivity index (χ3v) is 4.97. The smallest absolute Gasteiger partial charge is 0.303 e. The molecule has 0 radical (unpaired) electrons. The molecule has 4 nitrogen and oxygen atoms in total. The minimum Gasteiger partial charge on any atom is -0.449 e. The average Bonchev–Trinajstić information content (AvgIpc) is 3.44. The topological polar surface area (TPSA) is 48.4 Å². The lowest BCUT2D eigenvalue weighted by atomic mass is 9.88. The normalized spacial score (nSPS) is 17.9. The molecule has 0 amide bonds. The number of pyridine rings is 1. The number of hydrogen-bond acceptors (Lipinski definition) is 4. The number of hydrogen-bond donors (Lipinski definition) is 0. The summed E-state index contributed by atoms with van der Waals surface area (Å²) in [4.78, 5) is 16.1. The van der Waals surface area contributed by atoms with Crippen molar-refractivity contribution >= 4 is 11.5 Å². The average molecular weight is 371 g/mol. The van der Waals surface area contributed by atoms with E-state index in [1.54, 1.807) is 6.07 Å². The SMILES string of the molecule is C=C(c1cc(C2(OC(C)=O)COC2)c(F)c(-c2ccc(F)cc2)n1)C1CC1. The van der Waals surface area contributed by atoms with Gasteiger partial charge in [-0.15, -0.1) is 0 Å². The molecule has 0 atom stereocenters. The van der Waals surface area contributed by atoms with Gasteiger partial charge in [-0.3, -0.25) is 4.79 Å². The summed E-state index contributed by atoms with van der Waals surface area (Å²) in [6.07, 6.45) is 2.05. The van der Waals surface area contributed by atoms with Gasteiger partial charge in [-0.1, -0.05) is 6.58 Å². The van der Waals surface area contributed by atoms with Gasteiger partial charge in [0.1, 0.15) is 11.5 Å². The number of aromatic nitrogens is 1. The maximum Gasteiger partial charge on any atom is 0.303 e. The molecule has 4 rings (SSSR count). The molecule has 2 aromatic rings. The second-order valence-electron chi connectivity index (χ2n) is 7.10. The number of ether oxygens (including phenoxy) is 2. The molecule has 1 saturated carbocycles. The van der Waals surface area contributed by atoms with Gasteiger partial charge >= 0.3 is 5.97 Å². The first-order chi connectivity index (χ1) is 12.9. The molecular weight excluding hydrogens is 352 g/mol. The molecule has 2 fully saturated rings. The van der Waals surface area contributed by atoms with Crippen molar-refractivity contribution in [2.24, 2.45) is 5.92 Å². The van der Waals surface area contributed by atoms with Gasteiger partial charge in [-0.25, -0.2) is 13.8 Å². The number of carbonyl (C=O) groups excluding carboxylic acids is 1. The van der Waals surface area contributed by atoms with Crippen LogP contribution < -0.4 is 0 Å². The highest BCUT2D eigenvalue weighted by molar-refractivity contribution is 5.71. The molecule has 2 aliphatic rings. The van der Waals surface area contributed by atoms with Gasteiger partial charge in [-0.05, 0) is 54.7 Å². The maximum absolute atomic E-state index is 15.5. The van der Waals surface area contributed by atoms with Crippen LogP contribution in [0.4, 0.5) is 8.78 Å². The highest BCUT2D eigenvalue weighted by Crippen LogP contribution is 2.44. The first-order valence-electron chi connectivity index (χ1n) is 8.83. The molecule has 1 aromatic carbocycles. The number of benzene rings is 1. The second-order valence-corrected chi connectivity index (χ2v) is 7.10. The van der Waals surface area contributed by atoms with Crippen LogP contribution in [0, 0.1) is 17.6 Å². The van der Waals surface area contributed by atoms with E-state index in [9.17, 15) is 9.18 Å². The van der Waals surface area contributed by atoms with E-state index in [0.29, 0.717) is 17.2 Å². The van der Waals surface area contributed by atoms with Crippen molar-refractivity contribution in [3.63, 3.8) is 0 Å². The van der Waals surface area contributed by atoms with E-state index in [2.05, 4.69) is 11.6 Å². The summed E-state index contributed by atoms with van der Waals surface area (Å²) in [5, 5.41) is 0. The molecule has 0 bridgehead atoms. The Kier molecular flexibility index (Phi) is 4.30. The summed E-state index contributed by atoms with van der Waals surface area (Å²) in [5.74, 6) is -1.19. The number of rotatable bonds is 5. The van der Waals surface area contributed by atoms with E-state index in [1.165, 1.54) is 31.2 Å². The summed E-state index contributed by atoms with van der Waals surface area (Å²) in [7, 11) is 0. The Morgan fingerprint density at radius 2 is 1.93 bits per heavy atom. The van der Waals surface area contributed by atoms with Crippen LogP contribution in [0.2, 0.25) is 0 Å². The number of carbonyl (C=O) groups is 1. The van der Waals surface area contributed by atoms with Crippen molar-refractivity contribution in [2.45, 2.75) is 25.4 Å². The highest BCUT2D eigenvalue weighted by atomic mass is 19.1. The van der Waals surface area contributed by atoms with Crippen LogP contribution in [0.5, 0.6) is 0 Å². The van der Waals surface area contributed by atoms with Gasteiger partial charge in [0.15, 0.2) is 11.4 Å². The first kappa shape index (κ1) is 17.8. The Morgan fingerprint density at radius 1 is 1.26 bits per heavy atom. The number of esters is 1. The predicted molar refractivity (Wildman–Crippen MR) is 95.6 cm³/mol. The Balaban J connectivity index is 1.88. The lowest BCUT2D eigenvalue weighted by molar-refractivity contribution is -0.217. The van der Waals surface area contributed by atoms with Crippen LogP contribution in [0.15, 0.2) is 36.9 Å². The van der Waals surface area contributed by atoms with Crippen molar-refractivity contribution in [1.82, 2.24) is 4.98 Å². The van der Waals surface area contributed by atoms with E-state index >= 15 is 4.39 Å². The highest BCUT2D eigenvalue weighted by Gasteiger charge is 2.47. The van der Waals surface area contributed by atoms with Gasteiger partial charge in [-0.2, -0.15) is 0 Å². The summed E-state index contributed by atoms with van der Waals surface area (Å²) in [5.41, 5.74) is 0.966. The molecular formula is C21H19F2NO3. The lowest BCUT2D eigenvalue weighted by Crippen LogP contribution is -2.50. The molecule has 1 saturated heterocycles. The third kappa shape index (κ3) is 3.25. The Morgan fingerprint density at radius 3 is 2.44 bits per heavy atom. The van der Waals surface area contributed by atoms with Crippen molar-refractivity contribution in [3.05, 3.63) is 59.8 Å². The van der Waals surface area contributed by atoms with Crippen LogP contribution >= 0.6 is 0 Å². The minimum absolute atomic E-state index is 0.0751. The van der Waals surface area contributed by atoms with Gasteiger partial charge < -0.3 is 9.47 Å². The first-order valence-corrected chi connectivity index (χ1v) is 8.83. The molecule has 2 heterocycles. The Labute approximate surface area is 155 Å². The number of halogens is 2. The zero-order valence-corrected chi connectivity index (χ0v) is 14.9. The van der Waals surface area contributed by atoms with E-state index in [4.69, 9.17) is 9.47 Å². The second kappa shape index (κ2) is 6.53. The number of nitrogens with zero attached hydrogens (tertiary/aromatic N) is 1. The molecule has 1 aliphatic carbocycles. The monoisotopic (exact) mass is 371 g/mol. The molecule has 1 aliphatic heterocycles. The van der Waals surface area contributed by atoms with Crippen LogP contribution in [0.1, 0.15) is 31.0 Å². The standard InChI is InChI=1S/C21H19F2NO3/c1-12(14-3-4-14)18-9-17(21(10-26-11-21)27-13(2)25)19(23)20(24-18)15-5-7-16(22)8-6-15/h5-9,14H,1,3-4,10-11H2,2H3. The van der Waals surface area contributed by atoms with E-state index in [-0.39, 0.29) is 24.5 Å². The predicted octanol–water partition coefficient (Wildman–Crippen LogP) is 4.24. The molecule has 27 heavy (non-hydrogen) atoms. The van der Waals surface area contributed by atoms with Gasteiger partial charge in [0.25, 0.3) is 0 Å². The van der Waals surface area contributed by atoms with Crippen LogP contribution in [-0.2, 0) is 19.9 Å². The molecule has 0 spiro atoms. The third-order valence-electron chi connectivity index (χ3n) is 4.97. The van der Waals surface area contributed by atoms with Crippen LogP contribution in [-0.4, -0.2) is 24.2 Å². The minimum atomic E-state index is -1.17. The van der Waals surface area contributed by atoms with E-state index in [1.807, 2.05) is 0 Å². The summed E-state index contributed by atoms with van der Waals surface area (Å²) in [6.45, 7) is 5.54. The molecule has 0 N–H and O–H groups in total. The Hall–Kier alpha value is -2.60. The van der Waals surface area contributed by atoms with Crippen molar-refractivity contribution < 1.29 is 23.0 Å². The summed E-state index contributed by atoms with van der Waals surface area (Å²) in [6, 6.07) is 7.07. The largest absolute Gasteiger partial charge is 0.449 e. The van der Waals surface area contributed by atoms with Gasteiger partial charge in [0, 0.05) is 18.1 Å². The molecule has 6 heteroatoms. The lowest BCUT2D eigenvalue weighted by Gasteiger charge is -2.41. The molecule has 1 aromatic heterocycles. The van der Waals surface area contributed by atoms with Gasteiger partial charge in [0.2, 0.25) is 0 Å². The fourth-order valence-electron chi connectivity index (χ4n) is 3.30. The molecule has 0 unspecified atom stereocenters. The fraction of sp³-hybridized carbons (Fsp3) is 0.333. The van der Waals surface area contributed by atoms with Crippen molar-refractivity contribution in [2.75, 3.05) is 13.2 Å². The van der Waals surface area contributed by atoms with Crippen molar-refractivity contribution in [1.29, 1.82) is 0 Å². The molecule has 140 valence electrons.